The number of aryl methyl sites for hydroxylation is 2. The van der Waals surface area contributed by atoms with Crippen LogP contribution in [-0.2, 0) is 17.6 Å². The maximum atomic E-state index is 11.7. The standard InChI is InChI=1S/C22H24N4O2/c1-4-15-8-6-9-16(5-2)20(15)26-22-23-13-12-19(25-22)24-18-11-7-10-17(14-18)21(27)28-3/h6-14H,4-5H2,1-3H3,(H2,23,24,25,26). The van der Waals surface area contributed by atoms with Gasteiger partial charge in [0.25, 0.3) is 0 Å². The maximum Gasteiger partial charge on any atom is 0.337 e. The number of rotatable bonds is 7. The lowest BCUT2D eigenvalue weighted by atomic mass is 10.0. The number of carbonyl (C=O) groups excluding carboxylic acids is 1. The van der Waals surface area contributed by atoms with E-state index in [-0.39, 0.29) is 5.97 Å². The highest BCUT2D eigenvalue weighted by Crippen LogP contribution is 2.26. The monoisotopic (exact) mass is 376 g/mol. The van der Waals surface area contributed by atoms with Crippen molar-refractivity contribution in [3.05, 3.63) is 71.4 Å². The van der Waals surface area contributed by atoms with Crippen molar-refractivity contribution in [2.24, 2.45) is 0 Å². The summed E-state index contributed by atoms with van der Waals surface area (Å²) in [6, 6.07) is 15.2. The largest absolute Gasteiger partial charge is 0.465 e. The molecule has 0 aliphatic rings. The molecule has 0 spiro atoms. The summed E-state index contributed by atoms with van der Waals surface area (Å²) in [6.07, 6.45) is 3.55. The predicted octanol–water partition coefficient (Wildman–Crippen LogP) is 4.88. The van der Waals surface area contributed by atoms with E-state index in [0.717, 1.165) is 24.2 Å². The smallest absolute Gasteiger partial charge is 0.337 e. The Morgan fingerprint density at radius 2 is 1.71 bits per heavy atom. The zero-order valence-corrected chi connectivity index (χ0v) is 16.3. The number of aromatic nitrogens is 2. The van der Waals surface area contributed by atoms with Gasteiger partial charge in [-0.2, -0.15) is 4.98 Å². The highest BCUT2D eigenvalue weighted by molar-refractivity contribution is 5.90. The molecule has 0 saturated carbocycles. The molecule has 0 atom stereocenters. The summed E-state index contributed by atoms with van der Waals surface area (Å²) in [7, 11) is 1.36. The number of carbonyl (C=O) groups is 1. The van der Waals surface area contributed by atoms with E-state index in [9.17, 15) is 4.79 Å². The molecule has 0 fully saturated rings. The van der Waals surface area contributed by atoms with Crippen molar-refractivity contribution in [2.45, 2.75) is 26.7 Å². The van der Waals surface area contributed by atoms with Crippen LogP contribution in [0.4, 0.5) is 23.1 Å². The van der Waals surface area contributed by atoms with Gasteiger partial charge in [0.15, 0.2) is 0 Å². The Labute approximate surface area is 165 Å². The minimum Gasteiger partial charge on any atom is -0.465 e. The Hall–Kier alpha value is -3.41. The third-order valence-corrected chi connectivity index (χ3v) is 4.45. The molecule has 3 aromatic rings. The fraction of sp³-hybridized carbons (Fsp3) is 0.227. The summed E-state index contributed by atoms with van der Waals surface area (Å²) in [5, 5.41) is 6.58. The van der Waals surface area contributed by atoms with E-state index in [4.69, 9.17) is 4.74 Å². The third kappa shape index (κ3) is 4.46. The van der Waals surface area contributed by atoms with E-state index in [0.29, 0.717) is 17.3 Å². The van der Waals surface area contributed by atoms with E-state index in [1.54, 1.807) is 30.5 Å². The van der Waals surface area contributed by atoms with Crippen LogP contribution in [0.5, 0.6) is 0 Å². The topological polar surface area (TPSA) is 76.1 Å². The number of nitrogens with zero attached hydrogens (tertiary/aromatic N) is 2. The number of hydrogen-bond acceptors (Lipinski definition) is 6. The maximum absolute atomic E-state index is 11.7. The number of nitrogens with one attached hydrogen (secondary N) is 2. The van der Waals surface area contributed by atoms with Crippen molar-refractivity contribution in [3.8, 4) is 0 Å². The van der Waals surface area contributed by atoms with Gasteiger partial charge in [0, 0.05) is 17.6 Å². The molecular formula is C22H24N4O2. The molecule has 1 heterocycles. The zero-order chi connectivity index (χ0) is 19.9. The molecule has 0 aliphatic carbocycles. The molecule has 6 heteroatoms. The van der Waals surface area contributed by atoms with Crippen molar-refractivity contribution in [2.75, 3.05) is 17.7 Å². The van der Waals surface area contributed by atoms with Crippen LogP contribution in [0, 0.1) is 0 Å². The molecule has 144 valence electrons. The van der Waals surface area contributed by atoms with E-state index in [2.05, 4.69) is 52.6 Å². The number of hydrogen-bond donors (Lipinski definition) is 2. The van der Waals surface area contributed by atoms with Gasteiger partial charge < -0.3 is 15.4 Å². The minimum absolute atomic E-state index is 0.378. The molecular weight excluding hydrogens is 352 g/mol. The first kappa shape index (κ1) is 19.4. The molecule has 0 radical (unpaired) electrons. The molecule has 1 aromatic heterocycles. The summed E-state index contributed by atoms with van der Waals surface area (Å²) in [4.78, 5) is 20.6. The Bertz CT molecular complexity index is 950. The summed E-state index contributed by atoms with van der Waals surface area (Å²) < 4.78 is 4.77. The fourth-order valence-electron chi connectivity index (χ4n) is 2.99. The summed E-state index contributed by atoms with van der Waals surface area (Å²) >= 11 is 0. The van der Waals surface area contributed by atoms with Gasteiger partial charge in [-0.25, -0.2) is 9.78 Å². The first-order valence-electron chi connectivity index (χ1n) is 9.30. The molecule has 28 heavy (non-hydrogen) atoms. The predicted molar refractivity (Wildman–Crippen MR) is 112 cm³/mol. The van der Waals surface area contributed by atoms with Crippen molar-refractivity contribution >= 4 is 29.1 Å². The van der Waals surface area contributed by atoms with Crippen LogP contribution in [-0.4, -0.2) is 23.0 Å². The lowest BCUT2D eigenvalue weighted by Gasteiger charge is -2.15. The van der Waals surface area contributed by atoms with Crippen molar-refractivity contribution < 1.29 is 9.53 Å². The van der Waals surface area contributed by atoms with Crippen LogP contribution in [0.15, 0.2) is 54.7 Å². The second-order valence-corrected chi connectivity index (χ2v) is 6.25. The second kappa shape index (κ2) is 8.99. The highest BCUT2D eigenvalue weighted by atomic mass is 16.5. The lowest BCUT2D eigenvalue weighted by Crippen LogP contribution is -2.05. The number of esters is 1. The quantitative estimate of drug-likeness (QED) is 0.573. The van der Waals surface area contributed by atoms with E-state index < -0.39 is 0 Å². The van der Waals surface area contributed by atoms with Gasteiger partial charge in [0.2, 0.25) is 5.95 Å². The molecule has 0 aliphatic heterocycles. The van der Waals surface area contributed by atoms with Gasteiger partial charge in [-0.15, -0.1) is 0 Å². The fourth-order valence-corrected chi connectivity index (χ4v) is 2.99. The van der Waals surface area contributed by atoms with Crippen molar-refractivity contribution in [3.63, 3.8) is 0 Å². The van der Waals surface area contributed by atoms with Crippen LogP contribution in [0.2, 0.25) is 0 Å². The number of para-hydroxylation sites is 1. The van der Waals surface area contributed by atoms with E-state index in [1.165, 1.54) is 18.2 Å². The molecule has 6 nitrogen and oxygen atoms in total. The number of benzene rings is 2. The highest BCUT2D eigenvalue weighted by Gasteiger charge is 2.09. The van der Waals surface area contributed by atoms with Crippen LogP contribution >= 0.6 is 0 Å². The van der Waals surface area contributed by atoms with E-state index >= 15 is 0 Å². The van der Waals surface area contributed by atoms with Gasteiger partial charge in [-0.1, -0.05) is 38.1 Å². The molecule has 0 unspecified atom stereocenters. The van der Waals surface area contributed by atoms with Crippen molar-refractivity contribution in [1.82, 2.24) is 9.97 Å². The number of ether oxygens (including phenoxy) is 1. The Balaban J connectivity index is 1.83. The first-order valence-corrected chi connectivity index (χ1v) is 9.30. The van der Waals surface area contributed by atoms with Crippen LogP contribution in [0.3, 0.4) is 0 Å². The summed E-state index contributed by atoms with van der Waals surface area (Å²) in [5.74, 6) is 0.772. The lowest BCUT2D eigenvalue weighted by molar-refractivity contribution is 0.0601. The van der Waals surface area contributed by atoms with Crippen LogP contribution < -0.4 is 10.6 Å². The molecule has 0 bridgehead atoms. The molecule has 2 aromatic carbocycles. The van der Waals surface area contributed by atoms with E-state index in [1.807, 2.05) is 6.07 Å². The van der Waals surface area contributed by atoms with Gasteiger partial charge >= 0.3 is 5.97 Å². The molecule has 0 amide bonds. The number of anilines is 4. The van der Waals surface area contributed by atoms with Crippen LogP contribution in [0.1, 0.15) is 35.3 Å². The van der Waals surface area contributed by atoms with Crippen LogP contribution in [0.25, 0.3) is 0 Å². The first-order chi connectivity index (χ1) is 13.6. The third-order valence-electron chi connectivity index (χ3n) is 4.45. The van der Waals surface area contributed by atoms with Gasteiger partial charge in [0.1, 0.15) is 5.82 Å². The van der Waals surface area contributed by atoms with Gasteiger partial charge in [-0.05, 0) is 48.2 Å². The minimum atomic E-state index is -0.378. The van der Waals surface area contributed by atoms with Crippen molar-refractivity contribution in [1.29, 1.82) is 0 Å². The SMILES string of the molecule is CCc1cccc(CC)c1Nc1nccc(Nc2cccc(C(=O)OC)c2)n1. The average molecular weight is 376 g/mol. The molecule has 0 saturated heterocycles. The molecule has 3 rings (SSSR count). The number of methoxy groups -OCH3 is 1. The Morgan fingerprint density at radius 1 is 1.00 bits per heavy atom. The van der Waals surface area contributed by atoms with Gasteiger partial charge in [-0.3, -0.25) is 0 Å². The average Bonchev–Trinajstić information content (AvgIpc) is 2.73. The summed E-state index contributed by atoms with van der Waals surface area (Å²) in [5.41, 5.74) is 4.75. The second-order valence-electron chi connectivity index (χ2n) is 6.25. The summed E-state index contributed by atoms with van der Waals surface area (Å²) in [6.45, 7) is 4.26. The van der Waals surface area contributed by atoms with Gasteiger partial charge in [0.05, 0.1) is 12.7 Å². The zero-order valence-electron chi connectivity index (χ0n) is 16.3. The molecule has 2 N–H and O–H groups in total. The normalized spacial score (nSPS) is 10.4. The Kier molecular flexibility index (Phi) is 6.22. The Morgan fingerprint density at radius 3 is 2.39 bits per heavy atom.